The molecule has 0 aliphatic rings. The molecule has 0 rings (SSSR count). The van der Waals surface area contributed by atoms with E-state index in [1.54, 1.807) is 0 Å². The molecule has 2 atom stereocenters. The van der Waals surface area contributed by atoms with Crippen LogP contribution in [0.3, 0.4) is 0 Å². The molecule has 0 bridgehead atoms. The standard InChI is InChI=1S/C6H11NP2/c1-3-6(9-2)5(7)4-8/h5-6H,2-3,7H2,1H3/p+1. The monoisotopic (exact) mass is 160 g/mol. The fourth-order valence-electron chi connectivity index (χ4n) is 0.593. The Morgan fingerprint density at radius 1 is 1.89 bits per heavy atom. The Balaban J connectivity index is 3.82. The molecule has 0 spiro atoms. The summed E-state index contributed by atoms with van der Waals surface area (Å²) in [5.41, 5.74) is 8.88. The van der Waals surface area contributed by atoms with Crippen LogP contribution < -0.4 is 5.73 Å². The van der Waals surface area contributed by atoms with E-state index in [9.17, 15) is 0 Å². The Kier molecular flexibility index (Phi) is 5.35. The first-order valence-corrected chi connectivity index (χ1v) is 4.54. The summed E-state index contributed by atoms with van der Waals surface area (Å²) < 4.78 is 0. The van der Waals surface area contributed by atoms with E-state index in [2.05, 4.69) is 27.5 Å². The Morgan fingerprint density at radius 2 is 2.44 bits per heavy atom. The Labute approximate surface area is 60.3 Å². The van der Waals surface area contributed by atoms with E-state index in [1.807, 2.05) is 0 Å². The molecule has 0 saturated carbocycles. The third-order valence-corrected chi connectivity index (χ3v) is 2.72. The van der Waals surface area contributed by atoms with Gasteiger partial charge in [0, 0.05) is 0 Å². The van der Waals surface area contributed by atoms with Crippen LogP contribution >= 0.6 is 16.9 Å². The minimum absolute atomic E-state index is 0.0193. The third-order valence-electron chi connectivity index (χ3n) is 1.23. The predicted molar refractivity (Wildman–Crippen MR) is 48.3 cm³/mol. The molecule has 0 fully saturated rings. The van der Waals surface area contributed by atoms with Gasteiger partial charge in [-0.3, -0.25) is 0 Å². The minimum atomic E-state index is 0.0193. The molecule has 3 heteroatoms. The molecule has 2 N–H and O–H groups in total. The third kappa shape index (κ3) is 3.14. The normalized spacial score (nSPS) is 16.6. The fourth-order valence-corrected chi connectivity index (χ4v) is 1.49. The summed E-state index contributed by atoms with van der Waals surface area (Å²) in [4.78, 5) is 0. The topological polar surface area (TPSA) is 26.0 Å². The van der Waals surface area contributed by atoms with E-state index >= 15 is 0 Å². The van der Waals surface area contributed by atoms with Gasteiger partial charge in [0.05, 0.1) is 0 Å². The first kappa shape index (κ1) is 9.34. The quantitative estimate of drug-likeness (QED) is 0.623. The van der Waals surface area contributed by atoms with Crippen LogP contribution in [0.1, 0.15) is 13.3 Å². The molecule has 9 heavy (non-hydrogen) atoms. The molecule has 50 valence electrons. The van der Waals surface area contributed by atoms with Crippen molar-refractivity contribution in [1.29, 1.82) is 0 Å². The Morgan fingerprint density at radius 3 is 2.56 bits per heavy atom. The van der Waals surface area contributed by atoms with E-state index in [0.717, 1.165) is 14.6 Å². The molecule has 1 nitrogen and oxygen atoms in total. The summed E-state index contributed by atoms with van der Waals surface area (Å²) in [6.45, 7) is 2.10. The van der Waals surface area contributed by atoms with Gasteiger partial charge in [-0.1, -0.05) is 0 Å². The Hall–Kier alpha value is 0.340. The average molecular weight is 160 g/mol. The summed E-state index contributed by atoms with van der Waals surface area (Å²) in [5, 5.41) is 0. The van der Waals surface area contributed by atoms with Crippen molar-refractivity contribution >= 4 is 23.2 Å². The van der Waals surface area contributed by atoms with Gasteiger partial charge in [-0.05, 0) is 0 Å². The zero-order valence-corrected chi connectivity index (χ0v) is 7.49. The van der Waals surface area contributed by atoms with E-state index in [4.69, 9.17) is 5.73 Å². The van der Waals surface area contributed by atoms with Crippen molar-refractivity contribution in [1.82, 2.24) is 0 Å². The SMILES string of the molecule is C=PC(CC)C(N)C#[PH+]. The van der Waals surface area contributed by atoms with Crippen molar-refractivity contribution in [2.45, 2.75) is 25.0 Å². The van der Waals surface area contributed by atoms with Crippen LogP contribution in [0.25, 0.3) is 0 Å². The van der Waals surface area contributed by atoms with E-state index in [0.29, 0.717) is 5.66 Å². The Bertz CT molecular complexity index is 128. The molecule has 0 aliphatic carbocycles. The molecule has 0 saturated heterocycles. The summed E-state index contributed by atoms with van der Waals surface area (Å²) >= 11 is 0. The zero-order chi connectivity index (χ0) is 7.28. The van der Waals surface area contributed by atoms with Crippen LogP contribution in [0, 0.1) is 5.63 Å². The van der Waals surface area contributed by atoms with Gasteiger partial charge in [0.25, 0.3) is 0 Å². The second-order valence-electron chi connectivity index (χ2n) is 1.83. The number of hydrogen-bond acceptors (Lipinski definition) is 1. The predicted octanol–water partition coefficient (Wildman–Crippen LogP) is 1.57. The number of rotatable bonds is 3. The molecule has 0 amide bonds. The van der Waals surface area contributed by atoms with Crippen molar-refractivity contribution in [3.63, 3.8) is 0 Å². The zero-order valence-electron chi connectivity index (χ0n) is 5.59. The maximum atomic E-state index is 5.63. The van der Waals surface area contributed by atoms with Gasteiger partial charge in [0.15, 0.2) is 0 Å². The summed E-state index contributed by atoms with van der Waals surface area (Å²) in [7, 11) is 4.24. The summed E-state index contributed by atoms with van der Waals surface area (Å²) in [5.74, 6) is 0. The van der Waals surface area contributed by atoms with E-state index in [-0.39, 0.29) is 6.04 Å². The summed E-state index contributed by atoms with van der Waals surface area (Å²) in [6.07, 6.45) is 4.82. The molecule has 2 unspecified atom stereocenters. The molecule has 0 aromatic rings. The number of hydrogen-bond donors (Lipinski definition) is 1. The van der Waals surface area contributed by atoms with Crippen LogP contribution in [0.15, 0.2) is 0 Å². The van der Waals surface area contributed by atoms with Crippen molar-refractivity contribution in [3.05, 3.63) is 0 Å². The average Bonchev–Trinajstić information content (AvgIpc) is 1.90. The van der Waals surface area contributed by atoms with Crippen LogP contribution in [0.4, 0.5) is 0 Å². The second kappa shape index (κ2) is 5.15. The number of nitrogens with two attached hydrogens (primary N) is 1. The van der Waals surface area contributed by atoms with Gasteiger partial charge < -0.3 is 0 Å². The van der Waals surface area contributed by atoms with E-state index < -0.39 is 0 Å². The fraction of sp³-hybridized carbons (Fsp3) is 0.667. The van der Waals surface area contributed by atoms with Gasteiger partial charge in [-0.25, -0.2) is 0 Å². The molecule has 0 aromatic carbocycles. The first-order chi connectivity index (χ1) is 4.26. The molecule has 0 heterocycles. The van der Waals surface area contributed by atoms with Crippen molar-refractivity contribution in [2.24, 2.45) is 5.73 Å². The van der Waals surface area contributed by atoms with Crippen molar-refractivity contribution in [2.75, 3.05) is 0 Å². The van der Waals surface area contributed by atoms with Gasteiger partial charge >= 0.3 is 59.6 Å². The first-order valence-electron chi connectivity index (χ1n) is 2.90. The van der Waals surface area contributed by atoms with Crippen molar-refractivity contribution in [3.8, 4) is 5.63 Å². The van der Waals surface area contributed by atoms with E-state index in [1.165, 1.54) is 0 Å². The van der Waals surface area contributed by atoms with Gasteiger partial charge in [0.1, 0.15) is 0 Å². The van der Waals surface area contributed by atoms with Gasteiger partial charge in [-0.15, -0.1) is 0 Å². The van der Waals surface area contributed by atoms with Gasteiger partial charge in [0.2, 0.25) is 0 Å². The maximum absolute atomic E-state index is 5.63. The molecule has 0 radical (unpaired) electrons. The van der Waals surface area contributed by atoms with Crippen LogP contribution in [0.5, 0.6) is 0 Å². The molecular weight excluding hydrogens is 148 g/mol. The summed E-state index contributed by atoms with van der Waals surface area (Å²) in [6, 6.07) is 0.0193. The molecular formula is C6H12NP2+. The molecule has 0 aliphatic heterocycles. The van der Waals surface area contributed by atoms with Crippen molar-refractivity contribution < 1.29 is 0 Å². The second-order valence-corrected chi connectivity index (χ2v) is 3.15. The van der Waals surface area contributed by atoms with Crippen LogP contribution in [-0.4, -0.2) is 18.0 Å². The van der Waals surface area contributed by atoms with Crippen LogP contribution in [0.2, 0.25) is 0 Å². The van der Waals surface area contributed by atoms with Gasteiger partial charge in [-0.2, -0.15) is 0 Å². The molecule has 0 aromatic heterocycles. The van der Waals surface area contributed by atoms with Crippen LogP contribution in [-0.2, 0) is 0 Å².